The third-order valence-corrected chi connectivity index (χ3v) is 7.06. The Morgan fingerprint density at radius 1 is 0.844 bits per heavy atom. The van der Waals surface area contributed by atoms with E-state index in [1.165, 1.54) is 38.2 Å². The van der Waals surface area contributed by atoms with Crippen LogP contribution < -0.4 is 5.32 Å². The van der Waals surface area contributed by atoms with Gasteiger partial charge in [0.1, 0.15) is 0 Å². The van der Waals surface area contributed by atoms with Gasteiger partial charge in [0, 0.05) is 25.1 Å². The number of rotatable bonds is 9. The van der Waals surface area contributed by atoms with Crippen molar-refractivity contribution in [2.24, 2.45) is 0 Å². The van der Waals surface area contributed by atoms with Crippen LogP contribution in [-0.2, 0) is 14.8 Å². The van der Waals surface area contributed by atoms with Gasteiger partial charge in [-0.3, -0.25) is 9.59 Å². The standard InChI is InChI=1S/C25H26N2O4S/c1-19(28)20-13-15-23(16-14-20)32(30,31)27(2)18-25(29)26-17-24(21-9-5-3-6-10-21)22-11-7-4-8-12-22/h3-16,24H,17-18H2,1-2H3,(H,26,29). The third-order valence-electron chi connectivity index (χ3n) is 5.24. The van der Waals surface area contributed by atoms with Crippen molar-refractivity contribution in [3.05, 3.63) is 102 Å². The Morgan fingerprint density at radius 2 is 1.34 bits per heavy atom. The topological polar surface area (TPSA) is 83.6 Å². The molecular weight excluding hydrogens is 424 g/mol. The van der Waals surface area contributed by atoms with Gasteiger partial charge < -0.3 is 5.32 Å². The molecule has 0 radical (unpaired) electrons. The first kappa shape index (κ1) is 23.4. The number of sulfonamides is 1. The van der Waals surface area contributed by atoms with Crippen LogP contribution in [0.3, 0.4) is 0 Å². The summed E-state index contributed by atoms with van der Waals surface area (Å²) < 4.78 is 26.6. The van der Waals surface area contributed by atoms with Crippen molar-refractivity contribution in [1.82, 2.24) is 9.62 Å². The van der Waals surface area contributed by atoms with E-state index in [1.54, 1.807) is 0 Å². The van der Waals surface area contributed by atoms with Gasteiger partial charge in [0.05, 0.1) is 11.4 Å². The normalized spacial score (nSPS) is 11.5. The monoisotopic (exact) mass is 450 g/mol. The first-order valence-electron chi connectivity index (χ1n) is 10.2. The zero-order chi connectivity index (χ0) is 23.1. The first-order valence-corrected chi connectivity index (χ1v) is 11.7. The minimum absolute atomic E-state index is 0.0317. The maximum Gasteiger partial charge on any atom is 0.243 e. The molecule has 0 fully saturated rings. The number of carbonyl (C=O) groups is 2. The van der Waals surface area contributed by atoms with Gasteiger partial charge in [0.25, 0.3) is 0 Å². The fraction of sp³-hybridized carbons (Fsp3) is 0.200. The van der Waals surface area contributed by atoms with Gasteiger partial charge >= 0.3 is 0 Å². The summed E-state index contributed by atoms with van der Waals surface area (Å²) in [7, 11) is -2.50. The SMILES string of the molecule is CC(=O)c1ccc(S(=O)(=O)N(C)CC(=O)NCC(c2ccccc2)c2ccccc2)cc1. The molecule has 3 rings (SSSR count). The van der Waals surface area contributed by atoms with Crippen LogP contribution in [-0.4, -0.2) is 44.6 Å². The van der Waals surface area contributed by atoms with Crippen LogP contribution in [0.1, 0.15) is 34.3 Å². The fourth-order valence-corrected chi connectivity index (χ4v) is 4.53. The molecule has 3 aromatic rings. The average molecular weight is 451 g/mol. The lowest BCUT2D eigenvalue weighted by Gasteiger charge is -2.21. The number of ketones is 1. The van der Waals surface area contributed by atoms with Crippen molar-refractivity contribution < 1.29 is 18.0 Å². The Labute approximate surface area is 188 Å². The molecule has 1 amide bonds. The molecule has 0 unspecified atom stereocenters. The number of Topliss-reactive ketones (excluding diaryl/α,β-unsaturated/α-hetero) is 1. The van der Waals surface area contributed by atoms with Gasteiger partial charge in [-0.2, -0.15) is 4.31 Å². The van der Waals surface area contributed by atoms with E-state index in [2.05, 4.69) is 5.32 Å². The minimum Gasteiger partial charge on any atom is -0.354 e. The van der Waals surface area contributed by atoms with Crippen LogP contribution in [0.25, 0.3) is 0 Å². The summed E-state index contributed by atoms with van der Waals surface area (Å²) in [6.07, 6.45) is 0. The summed E-state index contributed by atoms with van der Waals surface area (Å²) in [6, 6.07) is 25.4. The second-order valence-electron chi connectivity index (χ2n) is 7.52. The third kappa shape index (κ3) is 5.69. The molecule has 0 spiro atoms. The van der Waals surface area contributed by atoms with Gasteiger partial charge in [0.15, 0.2) is 5.78 Å². The van der Waals surface area contributed by atoms with E-state index < -0.39 is 15.9 Å². The number of carbonyl (C=O) groups excluding carboxylic acids is 2. The van der Waals surface area contributed by atoms with Crippen LogP contribution in [0.15, 0.2) is 89.8 Å². The Hall–Kier alpha value is -3.29. The lowest BCUT2D eigenvalue weighted by atomic mass is 9.91. The lowest BCUT2D eigenvalue weighted by molar-refractivity contribution is -0.121. The Bertz CT molecular complexity index is 1120. The Kier molecular flexibility index (Phi) is 7.56. The predicted octanol–water partition coefficient (Wildman–Crippen LogP) is 3.46. The predicted molar refractivity (Wildman–Crippen MR) is 124 cm³/mol. The molecule has 0 heterocycles. The highest BCUT2D eigenvalue weighted by molar-refractivity contribution is 7.89. The molecular formula is C25H26N2O4S. The van der Waals surface area contributed by atoms with Crippen molar-refractivity contribution in [2.45, 2.75) is 17.7 Å². The van der Waals surface area contributed by atoms with Gasteiger partial charge in [-0.15, -0.1) is 0 Å². The summed E-state index contributed by atoms with van der Waals surface area (Å²) in [5, 5.41) is 2.87. The van der Waals surface area contributed by atoms with Crippen LogP contribution in [0.2, 0.25) is 0 Å². The maximum atomic E-state index is 12.8. The van der Waals surface area contributed by atoms with E-state index in [0.29, 0.717) is 12.1 Å². The quantitative estimate of drug-likeness (QED) is 0.506. The van der Waals surface area contributed by atoms with Gasteiger partial charge in [-0.1, -0.05) is 72.8 Å². The molecule has 0 aliphatic carbocycles. The Balaban J connectivity index is 1.67. The molecule has 0 atom stereocenters. The maximum absolute atomic E-state index is 12.8. The summed E-state index contributed by atoms with van der Waals surface area (Å²) in [5.74, 6) is -0.594. The first-order chi connectivity index (χ1) is 15.3. The smallest absolute Gasteiger partial charge is 0.243 e. The molecule has 0 saturated heterocycles. The van der Waals surface area contributed by atoms with Gasteiger partial charge in [-0.05, 0) is 30.2 Å². The van der Waals surface area contributed by atoms with E-state index in [9.17, 15) is 18.0 Å². The highest BCUT2D eigenvalue weighted by Gasteiger charge is 2.24. The largest absolute Gasteiger partial charge is 0.354 e. The molecule has 3 aromatic carbocycles. The summed E-state index contributed by atoms with van der Waals surface area (Å²) in [4.78, 5) is 24.0. The van der Waals surface area contributed by atoms with Crippen molar-refractivity contribution in [1.29, 1.82) is 0 Å². The molecule has 6 nitrogen and oxygen atoms in total. The van der Waals surface area contributed by atoms with Crippen molar-refractivity contribution in [3.8, 4) is 0 Å². The van der Waals surface area contributed by atoms with Crippen LogP contribution in [0.4, 0.5) is 0 Å². The van der Waals surface area contributed by atoms with E-state index >= 15 is 0 Å². The highest BCUT2D eigenvalue weighted by Crippen LogP contribution is 2.23. The zero-order valence-corrected chi connectivity index (χ0v) is 18.9. The van der Waals surface area contributed by atoms with Crippen LogP contribution in [0.5, 0.6) is 0 Å². The number of nitrogens with one attached hydrogen (secondary N) is 1. The number of benzene rings is 3. The van der Waals surface area contributed by atoms with E-state index in [1.807, 2.05) is 60.7 Å². The molecule has 7 heteroatoms. The van der Waals surface area contributed by atoms with Crippen molar-refractivity contribution in [2.75, 3.05) is 20.1 Å². The summed E-state index contributed by atoms with van der Waals surface area (Å²) >= 11 is 0. The molecule has 0 aliphatic heterocycles. The van der Waals surface area contributed by atoms with E-state index in [0.717, 1.165) is 15.4 Å². The molecule has 0 bridgehead atoms. The van der Waals surface area contributed by atoms with Crippen molar-refractivity contribution >= 4 is 21.7 Å². The zero-order valence-electron chi connectivity index (χ0n) is 18.1. The number of nitrogens with zero attached hydrogens (tertiary/aromatic N) is 1. The van der Waals surface area contributed by atoms with E-state index in [4.69, 9.17) is 0 Å². The molecule has 166 valence electrons. The second-order valence-corrected chi connectivity index (χ2v) is 9.56. The summed E-state index contributed by atoms with van der Waals surface area (Å²) in [5.41, 5.74) is 2.55. The summed E-state index contributed by atoms with van der Waals surface area (Å²) in [6.45, 7) is 1.44. The van der Waals surface area contributed by atoms with Crippen molar-refractivity contribution in [3.63, 3.8) is 0 Å². The second kappa shape index (κ2) is 10.3. The van der Waals surface area contributed by atoms with Gasteiger partial charge in [0.2, 0.25) is 15.9 Å². The average Bonchev–Trinajstić information content (AvgIpc) is 2.80. The molecule has 0 aromatic heterocycles. The van der Waals surface area contributed by atoms with Crippen LogP contribution in [0, 0.1) is 0 Å². The molecule has 1 N–H and O–H groups in total. The number of amides is 1. The lowest BCUT2D eigenvalue weighted by Crippen LogP contribution is -2.39. The van der Waals surface area contributed by atoms with Crippen LogP contribution >= 0.6 is 0 Å². The van der Waals surface area contributed by atoms with E-state index in [-0.39, 0.29) is 23.1 Å². The molecule has 0 aliphatic rings. The fourth-order valence-electron chi connectivity index (χ4n) is 3.40. The molecule has 32 heavy (non-hydrogen) atoms. The number of likely N-dealkylation sites (N-methyl/N-ethyl adjacent to an activating group) is 1. The van der Waals surface area contributed by atoms with Gasteiger partial charge in [-0.25, -0.2) is 8.42 Å². The number of hydrogen-bond acceptors (Lipinski definition) is 4. The minimum atomic E-state index is -3.86. The Morgan fingerprint density at radius 3 is 1.81 bits per heavy atom. The molecule has 0 saturated carbocycles. The number of hydrogen-bond donors (Lipinski definition) is 1. The highest BCUT2D eigenvalue weighted by atomic mass is 32.2.